The Bertz CT molecular complexity index is 416. The van der Waals surface area contributed by atoms with E-state index in [4.69, 9.17) is 5.11 Å². The van der Waals surface area contributed by atoms with Crippen molar-refractivity contribution in [2.45, 2.75) is 12.8 Å². The van der Waals surface area contributed by atoms with E-state index in [1.165, 1.54) is 4.57 Å². The van der Waals surface area contributed by atoms with Crippen molar-refractivity contribution in [3.8, 4) is 0 Å². The monoisotopic (exact) mass is 223 g/mol. The molecule has 2 rings (SSSR count). The molecular weight excluding hydrogens is 206 g/mol. The Balaban J connectivity index is 2.23. The highest BCUT2D eigenvalue weighted by Gasteiger charge is 2.22. The molecule has 1 N–H and O–H groups in total. The topological polar surface area (TPSA) is 58.4 Å². The van der Waals surface area contributed by atoms with Crippen LogP contribution in [-0.2, 0) is 7.05 Å². The van der Waals surface area contributed by atoms with Gasteiger partial charge >= 0.3 is 0 Å². The van der Waals surface area contributed by atoms with Gasteiger partial charge in [0.2, 0.25) is 0 Å². The summed E-state index contributed by atoms with van der Waals surface area (Å²) in [4.78, 5) is 18.0. The molecule has 1 aromatic heterocycles. The van der Waals surface area contributed by atoms with E-state index in [0.29, 0.717) is 5.82 Å². The summed E-state index contributed by atoms with van der Waals surface area (Å²) in [7, 11) is 1.72. The fourth-order valence-corrected chi connectivity index (χ4v) is 2.11. The second-order valence-electron chi connectivity index (χ2n) is 4.30. The molecule has 5 heteroatoms. The van der Waals surface area contributed by atoms with Gasteiger partial charge in [0.25, 0.3) is 5.56 Å². The van der Waals surface area contributed by atoms with E-state index in [1.807, 2.05) is 4.90 Å². The Morgan fingerprint density at radius 3 is 3.19 bits per heavy atom. The smallest absolute Gasteiger partial charge is 0.293 e. The standard InChI is InChI=1S/C11H17N3O2/c1-13-6-4-12-10(11(13)16)14-5-2-3-9(7-14)8-15/h4,6,9,15H,2-3,5,7-8H2,1H3/t9-/m1/s1. The molecule has 88 valence electrons. The van der Waals surface area contributed by atoms with Crippen LogP contribution in [0.25, 0.3) is 0 Å². The molecule has 0 radical (unpaired) electrons. The summed E-state index contributed by atoms with van der Waals surface area (Å²) in [6.07, 6.45) is 5.32. The van der Waals surface area contributed by atoms with Crippen LogP contribution in [0.1, 0.15) is 12.8 Å². The van der Waals surface area contributed by atoms with Crippen molar-refractivity contribution in [2.75, 3.05) is 24.6 Å². The van der Waals surface area contributed by atoms with Crippen LogP contribution in [0, 0.1) is 5.92 Å². The van der Waals surface area contributed by atoms with Crippen molar-refractivity contribution >= 4 is 5.82 Å². The first-order valence-electron chi connectivity index (χ1n) is 5.60. The largest absolute Gasteiger partial charge is 0.396 e. The van der Waals surface area contributed by atoms with Gasteiger partial charge in [0.05, 0.1) is 0 Å². The summed E-state index contributed by atoms with van der Waals surface area (Å²) in [5.74, 6) is 0.767. The Kier molecular flexibility index (Phi) is 3.24. The first-order valence-corrected chi connectivity index (χ1v) is 5.60. The summed E-state index contributed by atoms with van der Waals surface area (Å²) in [5.41, 5.74) is -0.0684. The van der Waals surface area contributed by atoms with Gasteiger partial charge in [0.15, 0.2) is 5.82 Å². The van der Waals surface area contributed by atoms with E-state index in [1.54, 1.807) is 19.4 Å². The lowest BCUT2D eigenvalue weighted by Gasteiger charge is -2.32. The molecule has 16 heavy (non-hydrogen) atoms. The molecule has 1 aliphatic heterocycles. The molecule has 1 saturated heterocycles. The number of nitrogens with zero attached hydrogens (tertiary/aromatic N) is 3. The summed E-state index contributed by atoms with van der Waals surface area (Å²) >= 11 is 0. The number of hydrogen-bond acceptors (Lipinski definition) is 4. The maximum Gasteiger partial charge on any atom is 0.293 e. The van der Waals surface area contributed by atoms with Crippen molar-refractivity contribution in [3.05, 3.63) is 22.7 Å². The van der Waals surface area contributed by atoms with Crippen LogP contribution in [0.15, 0.2) is 17.2 Å². The van der Waals surface area contributed by atoms with E-state index >= 15 is 0 Å². The third-order valence-electron chi connectivity index (χ3n) is 3.08. The van der Waals surface area contributed by atoms with Crippen LogP contribution in [0.4, 0.5) is 5.82 Å². The lowest BCUT2D eigenvalue weighted by Crippen LogP contribution is -2.41. The van der Waals surface area contributed by atoms with Gasteiger partial charge in [-0.25, -0.2) is 4.98 Å². The van der Waals surface area contributed by atoms with Crippen LogP contribution >= 0.6 is 0 Å². The van der Waals surface area contributed by atoms with Gasteiger partial charge in [-0.05, 0) is 18.8 Å². The zero-order valence-corrected chi connectivity index (χ0v) is 9.46. The highest BCUT2D eigenvalue weighted by atomic mass is 16.3. The first kappa shape index (κ1) is 11.1. The molecule has 0 aliphatic carbocycles. The maximum absolute atomic E-state index is 11.9. The van der Waals surface area contributed by atoms with E-state index in [0.717, 1.165) is 25.9 Å². The van der Waals surface area contributed by atoms with Crippen LogP contribution in [0.2, 0.25) is 0 Å². The fourth-order valence-electron chi connectivity index (χ4n) is 2.11. The van der Waals surface area contributed by atoms with Gasteiger partial charge in [0.1, 0.15) is 0 Å². The highest BCUT2D eigenvalue weighted by molar-refractivity contribution is 5.36. The molecular formula is C11H17N3O2. The van der Waals surface area contributed by atoms with Gasteiger partial charge in [-0.3, -0.25) is 4.79 Å². The Morgan fingerprint density at radius 1 is 1.62 bits per heavy atom. The van der Waals surface area contributed by atoms with Crippen LogP contribution in [-0.4, -0.2) is 34.4 Å². The summed E-state index contributed by atoms with van der Waals surface area (Å²) < 4.78 is 1.53. The molecule has 2 heterocycles. The average Bonchev–Trinajstić information content (AvgIpc) is 2.33. The predicted octanol–water partition coefficient (Wildman–Crippen LogP) is -0.0110. The van der Waals surface area contributed by atoms with Crippen molar-refractivity contribution in [1.82, 2.24) is 9.55 Å². The van der Waals surface area contributed by atoms with E-state index in [-0.39, 0.29) is 18.1 Å². The van der Waals surface area contributed by atoms with Crippen LogP contribution < -0.4 is 10.5 Å². The Hall–Kier alpha value is -1.36. The average molecular weight is 223 g/mol. The first-order chi connectivity index (χ1) is 7.72. The molecule has 0 bridgehead atoms. The molecule has 0 saturated carbocycles. The van der Waals surface area contributed by atoms with Crippen LogP contribution in [0.3, 0.4) is 0 Å². The highest BCUT2D eigenvalue weighted by Crippen LogP contribution is 2.18. The minimum absolute atomic E-state index is 0.0684. The quantitative estimate of drug-likeness (QED) is 0.766. The summed E-state index contributed by atoms with van der Waals surface area (Å²) in [6.45, 7) is 1.76. The molecule has 1 atom stereocenters. The number of hydrogen-bond donors (Lipinski definition) is 1. The normalized spacial score (nSPS) is 21.1. The van der Waals surface area contributed by atoms with Gasteiger partial charge in [-0.15, -0.1) is 0 Å². The van der Waals surface area contributed by atoms with Crippen LogP contribution in [0.5, 0.6) is 0 Å². The van der Waals surface area contributed by atoms with Crippen molar-refractivity contribution in [2.24, 2.45) is 13.0 Å². The molecule has 1 aliphatic rings. The van der Waals surface area contributed by atoms with E-state index < -0.39 is 0 Å². The van der Waals surface area contributed by atoms with Gasteiger partial charge < -0.3 is 14.6 Å². The third kappa shape index (κ3) is 2.09. The minimum Gasteiger partial charge on any atom is -0.396 e. The number of aryl methyl sites for hydroxylation is 1. The number of anilines is 1. The zero-order valence-electron chi connectivity index (χ0n) is 9.46. The molecule has 0 aromatic carbocycles. The third-order valence-corrected chi connectivity index (χ3v) is 3.08. The number of aromatic nitrogens is 2. The predicted molar refractivity (Wildman–Crippen MR) is 61.5 cm³/mol. The molecule has 1 aromatic rings. The molecule has 0 spiro atoms. The number of aliphatic hydroxyl groups is 1. The fraction of sp³-hybridized carbons (Fsp3) is 0.636. The Labute approximate surface area is 94.3 Å². The van der Waals surface area contributed by atoms with Gasteiger partial charge in [0, 0.05) is 39.1 Å². The number of rotatable bonds is 2. The molecule has 1 fully saturated rings. The molecule has 0 amide bonds. The van der Waals surface area contributed by atoms with Crippen molar-refractivity contribution in [3.63, 3.8) is 0 Å². The molecule has 0 unspecified atom stereocenters. The number of aliphatic hydroxyl groups excluding tert-OH is 1. The lowest BCUT2D eigenvalue weighted by atomic mass is 9.99. The summed E-state index contributed by atoms with van der Waals surface area (Å²) in [5, 5.41) is 9.15. The second kappa shape index (κ2) is 4.65. The van der Waals surface area contributed by atoms with E-state index in [2.05, 4.69) is 4.98 Å². The SMILES string of the molecule is Cn1ccnc(N2CCC[C@@H](CO)C2)c1=O. The Morgan fingerprint density at radius 2 is 2.44 bits per heavy atom. The maximum atomic E-state index is 11.9. The van der Waals surface area contributed by atoms with Crippen molar-refractivity contribution < 1.29 is 5.11 Å². The lowest BCUT2D eigenvalue weighted by molar-refractivity contribution is 0.208. The second-order valence-corrected chi connectivity index (χ2v) is 4.30. The molecule has 5 nitrogen and oxygen atoms in total. The van der Waals surface area contributed by atoms with Crippen molar-refractivity contribution in [1.29, 1.82) is 0 Å². The summed E-state index contributed by atoms with van der Waals surface area (Å²) in [6, 6.07) is 0. The minimum atomic E-state index is -0.0684. The van der Waals surface area contributed by atoms with Gasteiger partial charge in [-0.1, -0.05) is 0 Å². The van der Waals surface area contributed by atoms with E-state index in [9.17, 15) is 4.79 Å². The number of piperidine rings is 1. The zero-order chi connectivity index (χ0) is 11.5. The van der Waals surface area contributed by atoms with Gasteiger partial charge in [-0.2, -0.15) is 0 Å².